The van der Waals surface area contributed by atoms with Gasteiger partial charge in [0.05, 0.1) is 9.41 Å². The fraction of sp³-hybridized carbons (Fsp3) is 0.100. The molecule has 0 aliphatic carbocycles. The standard InChI is InChI=1S/C10H8IN/c11-10-7-3-5-8-4-1-2-6-9(8)12-10/h1-6H,7H2. The smallest absolute Gasteiger partial charge is 0.0828 e. The Bertz CT molecular complexity index is 353. The van der Waals surface area contributed by atoms with E-state index in [9.17, 15) is 0 Å². The SMILES string of the molecule is IC1=Nc2ccccc2C=CC1. The van der Waals surface area contributed by atoms with Crippen LogP contribution in [0.3, 0.4) is 0 Å². The molecule has 0 spiro atoms. The molecule has 0 amide bonds. The number of nitrogens with zero attached hydrogens (tertiary/aromatic N) is 1. The molecule has 0 atom stereocenters. The van der Waals surface area contributed by atoms with Crippen molar-refractivity contribution in [2.75, 3.05) is 0 Å². The highest BCUT2D eigenvalue weighted by Crippen LogP contribution is 2.24. The summed E-state index contributed by atoms with van der Waals surface area (Å²) < 4.78 is 1.15. The van der Waals surface area contributed by atoms with Gasteiger partial charge in [0.25, 0.3) is 0 Å². The summed E-state index contributed by atoms with van der Waals surface area (Å²) in [6.07, 6.45) is 5.23. The van der Waals surface area contributed by atoms with E-state index in [4.69, 9.17) is 0 Å². The molecule has 0 saturated heterocycles. The average molecular weight is 269 g/mol. The third-order valence-corrected chi connectivity index (χ3v) is 2.44. The molecule has 60 valence electrons. The van der Waals surface area contributed by atoms with Crippen molar-refractivity contribution < 1.29 is 0 Å². The van der Waals surface area contributed by atoms with Gasteiger partial charge in [-0.15, -0.1) is 0 Å². The summed E-state index contributed by atoms with van der Waals surface area (Å²) in [5.41, 5.74) is 2.29. The molecule has 1 aliphatic heterocycles. The van der Waals surface area contributed by atoms with Gasteiger partial charge in [-0.05, 0) is 34.2 Å². The van der Waals surface area contributed by atoms with E-state index in [1.54, 1.807) is 0 Å². The summed E-state index contributed by atoms with van der Waals surface area (Å²) in [7, 11) is 0. The molecule has 1 aromatic carbocycles. The molecule has 1 aromatic rings. The molecule has 0 aromatic heterocycles. The van der Waals surface area contributed by atoms with Crippen LogP contribution in [0.2, 0.25) is 0 Å². The Kier molecular flexibility index (Phi) is 2.26. The number of aliphatic imine (C=N–C) groups is 1. The molecule has 1 nitrogen and oxygen atoms in total. The lowest BCUT2D eigenvalue weighted by Crippen LogP contribution is -1.78. The van der Waals surface area contributed by atoms with Crippen LogP contribution in [0.15, 0.2) is 35.3 Å². The first-order chi connectivity index (χ1) is 5.86. The van der Waals surface area contributed by atoms with E-state index in [1.165, 1.54) is 5.56 Å². The first-order valence-corrected chi connectivity index (χ1v) is 4.93. The summed E-state index contributed by atoms with van der Waals surface area (Å²) in [6.45, 7) is 0. The van der Waals surface area contributed by atoms with Crippen LogP contribution in [-0.4, -0.2) is 3.72 Å². The number of hydrogen-bond donors (Lipinski definition) is 0. The Balaban J connectivity index is 2.58. The second kappa shape index (κ2) is 3.39. The zero-order chi connectivity index (χ0) is 8.39. The van der Waals surface area contributed by atoms with Gasteiger partial charge in [0, 0.05) is 6.42 Å². The van der Waals surface area contributed by atoms with Crippen molar-refractivity contribution in [3.63, 3.8) is 0 Å². The van der Waals surface area contributed by atoms with Crippen LogP contribution in [0, 0.1) is 0 Å². The molecule has 0 unspecified atom stereocenters. The number of allylic oxidation sites excluding steroid dienone is 1. The van der Waals surface area contributed by atoms with E-state index in [1.807, 2.05) is 18.2 Å². The summed E-state index contributed by atoms with van der Waals surface area (Å²) >= 11 is 2.28. The number of benzene rings is 1. The van der Waals surface area contributed by atoms with E-state index >= 15 is 0 Å². The first-order valence-electron chi connectivity index (χ1n) is 3.85. The van der Waals surface area contributed by atoms with Crippen LogP contribution in [0.5, 0.6) is 0 Å². The van der Waals surface area contributed by atoms with Crippen molar-refractivity contribution >= 4 is 38.1 Å². The van der Waals surface area contributed by atoms with Crippen LogP contribution in [0.4, 0.5) is 5.69 Å². The number of halogens is 1. The Morgan fingerprint density at radius 1 is 1.25 bits per heavy atom. The van der Waals surface area contributed by atoms with Crippen LogP contribution >= 0.6 is 22.6 Å². The lowest BCUT2D eigenvalue weighted by Gasteiger charge is -1.96. The van der Waals surface area contributed by atoms with Crippen molar-refractivity contribution in [2.45, 2.75) is 6.42 Å². The molecular formula is C10H8IN. The lowest BCUT2D eigenvalue weighted by atomic mass is 10.2. The van der Waals surface area contributed by atoms with Gasteiger partial charge in [-0.25, -0.2) is 4.99 Å². The van der Waals surface area contributed by atoms with Crippen LogP contribution in [-0.2, 0) is 0 Å². The van der Waals surface area contributed by atoms with Crippen molar-refractivity contribution in [3.05, 3.63) is 35.9 Å². The molecule has 0 radical (unpaired) electrons. The molecule has 2 heteroatoms. The zero-order valence-corrected chi connectivity index (χ0v) is 8.65. The quantitative estimate of drug-likeness (QED) is 0.638. The number of fused-ring (bicyclic) bond motifs is 1. The van der Waals surface area contributed by atoms with Gasteiger partial charge in [0.15, 0.2) is 0 Å². The number of rotatable bonds is 0. The topological polar surface area (TPSA) is 12.4 Å². The van der Waals surface area contributed by atoms with Crippen LogP contribution in [0.1, 0.15) is 12.0 Å². The second-order valence-corrected chi connectivity index (χ2v) is 3.90. The molecule has 2 rings (SSSR count). The second-order valence-electron chi connectivity index (χ2n) is 2.65. The van der Waals surface area contributed by atoms with E-state index in [-0.39, 0.29) is 0 Å². The molecule has 0 N–H and O–H groups in total. The molecule has 0 saturated carbocycles. The normalized spacial score (nSPS) is 14.9. The maximum Gasteiger partial charge on any atom is 0.0828 e. The maximum atomic E-state index is 4.48. The minimum Gasteiger partial charge on any atom is -0.246 e. The predicted octanol–water partition coefficient (Wildman–Crippen LogP) is 3.57. The molecular weight excluding hydrogens is 261 g/mol. The first kappa shape index (κ1) is 7.98. The van der Waals surface area contributed by atoms with Crippen LogP contribution < -0.4 is 0 Å². The van der Waals surface area contributed by atoms with Crippen molar-refractivity contribution in [3.8, 4) is 0 Å². The molecule has 0 bridgehead atoms. The monoisotopic (exact) mass is 269 g/mol. The van der Waals surface area contributed by atoms with Gasteiger partial charge < -0.3 is 0 Å². The van der Waals surface area contributed by atoms with Gasteiger partial charge in [0.2, 0.25) is 0 Å². The van der Waals surface area contributed by atoms with Gasteiger partial charge >= 0.3 is 0 Å². The average Bonchev–Trinajstić information content (AvgIpc) is 2.25. The van der Waals surface area contributed by atoms with Gasteiger partial charge in [-0.3, -0.25) is 0 Å². The molecule has 1 heterocycles. The molecule has 1 aliphatic rings. The molecule has 0 fully saturated rings. The van der Waals surface area contributed by atoms with Gasteiger partial charge in [-0.2, -0.15) is 0 Å². The highest BCUT2D eigenvalue weighted by atomic mass is 127. The Morgan fingerprint density at radius 2 is 2.08 bits per heavy atom. The predicted molar refractivity (Wildman–Crippen MR) is 61.2 cm³/mol. The lowest BCUT2D eigenvalue weighted by molar-refractivity contribution is 1.48. The highest BCUT2D eigenvalue weighted by Gasteiger charge is 2.01. The van der Waals surface area contributed by atoms with Crippen molar-refractivity contribution in [2.24, 2.45) is 4.99 Å². The van der Waals surface area contributed by atoms with E-state index < -0.39 is 0 Å². The Morgan fingerprint density at radius 3 is 3.00 bits per heavy atom. The summed E-state index contributed by atoms with van der Waals surface area (Å²) in [5, 5.41) is 0. The minimum absolute atomic E-state index is 0.954. The van der Waals surface area contributed by atoms with Crippen LogP contribution in [0.25, 0.3) is 6.08 Å². The van der Waals surface area contributed by atoms with E-state index in [2.05, 4.69) is 45.8 Å². The van der Waals surface area contributed by atoms with Gasteiger partial charge in [-0.1, -0.05) is 30.4 Å². The number of hydrogen-bond acceptors (Lipinski definition) is 1. The fourth-order valence-electron chi connectivity index (χ4n) is 1.19. The largest absolute Gasteiger partial charge is 0.246 e. The zero-order valence-electron chi connectivity index (χ0n) is 6.50. The summed E-state index contributed by atoms with van der Waals surface area (Å²) in [5.74, 6) is 0. The maximum absolute atomic E-state index is 4.48. The fourth-order valence-corrected chi connectivity index (χ4v) is 1.70. The highest BCUT2D eigenvalue weighted by molar-refractivity contribution is 14.1. The number of para-hydroxylation sites is 1. The van der Waals surface area contributed by atoms with Gasteiger partial charge in [0.1, 0.15) is 0 Å². The Labute approximate surface area is 85.4 Å². The third kappa shape index (κ3) is 1.58. The van der Waals surface area contributed by atoms with E-state index in [0.29, 0.717) is 0 Å². The molecule has 12 heavy (non-hydrogen) atoms. The summed E-state index contributed by atoms with van der Waals surface area (Å²) in [4.78, 5) is 4.48. The summed E-state index contributed by atoms with van der Waals surface area (Å²) in [6, 6.07) is 8.19. The third-order valence-electron chi connectivity index (χ3n) is 1.76. The van der Waals surface area contributed by atoms with E-state index in [0.717, 1.165) is 15.8 Å². The Hall–Kier alpha value is -0.640. The van der Waals surface area contributed by atoms with Crippen molar-refractivity contribution in [1.29, 1.82) is 0 Å². The minimum atomic E-state index is 0.954. The van der Waals surface area contributed by atoms with Crippen molar-refractivity contribution in [1.82, 2.24) is 0 Å².